The van der Waals surface area contributed by atoms with Gasteiger partial charge in [-0.2, -0.15) is 0 Å². The van der Waals surface area contributed by atoms with Crippen molar-refractivity contribution in [3.8, 4) is 0 Å². The highest BCUT2D eigenvalue weighted by Crippen LogP contribution is 2.20. The fourth-order valence-corrected chi connectivity index (χ4v) is 2.23. The van der Waals surface area contributed by atoms with E-state index in [0.29, 0.717) is 11.5 Å². The summed E-state index contributed by atoms with van der Waals surface area (Å²) in [6.07, 6.45) is 1.98. The molecule has 1 unspecified atom stereocenters. The van der Waals surface area contributed by atoms with Crippen molar-refractivity contribution in [1.29, 1.82) is 0 Å². The first kappa shape index (κ1) is 13.6. The smallest absolute Gasteiger partial charge is 0.335 e. The second kappa shape index (κ2) is 5.43. The molecule has 0 amide bonds. The summed E-state index contributed by atoms with van der Waals surface area (Å²) in [5.74, 6) is 0.705. The monoisotopic (exact) mass is 260 g/mol. The predicted octanol–water partition coefficient (Wildman–Crippen LogP) is 3.34. The highest BCUT2D eigenvalue weighted by atomic mass is 16.4. The molecule has 0 aliphatic carbocycles. The van der Waals surface area contributed by atoms with Gasteiger partial charge in [-0.25, -0.2) is 9.78 Å². The first-order valence-electron chi connectivity index (χ1n) is 6.79. The molecule has 0 saturated carbocycles. The Kier molecular flexibility index (Phi) is 3.88. The van der Waals surface area contributed by atoms with Crippen molar-refractivity contribution in [3.63, 3.8) is 0 Å². The molecule has 0 aliphatic rings. The van der Waals surface area contributed by atoms with Crippen molar-refractivity contribution in [2.75, 3.05) is 0 Å². The number of nitrogens with zero attached hydrogens (tertiary/aromatic N) is 2. The Labute approximate surface area is 113 Å². The molecule has 0 aliphatic heterocycles. The van der Waals surface area contributed by atoms with E-state index in [1.165, 1.54) is 0 Å². The molecule has 0 fully saturated rings. The van der Waals surface area contributed by atoms with Gasteiger partial charge in [0.25, 0.3) is 0 Å². The number of carboxylic acid groups (broad SMARTS) is 1. The molecule has 1 aromatic carbocycles. The summed E-state index contributed by atoms with van der Waals surface area (Å²) in [5.41, 5.74) is 2.10. The van der Waals surface area contributed by atoms with Crippen molar-refractivity contribution < 1.29 is 9.90 Å². The molecule has 0 saturated heterocycles. The fraction of sp³-hybridized carbons (Fsp3) is 0.467. The predicted molar refractivity (Wildman–Crippen MR) is 75.5 cm³/mol. The van der Waals surface area contributed by atoms with Crippen LogP contribution in [0.3, 0.4) is 0 Å². The first-order valence-corrected chi connectivity index (χ1v) is 6.79. The van der Waals surface area contributed by atoms with Crippen LogP contribution >= 0.6 is 0 Å². The number of imidazole rings is 1. The Balaban J connectivity index is 2.52. The van der Waals surface area contributed by atoms with Crippen molar-refractivity contribution in [2.45, 2.75) is 40.2 Å². The molecule has 2 rings (SSSR count). The highest BCUT2D eigenvalue weighted by Gasteiger charge is 2.13. The Hall–Kier alpha value is -1.84. The summed E-state index contributed by atoms with van der Waals surface area (Å²) in [6.45, 7) is 7.41. The van der Waals surface area contributed by atoms with E-state index in [2.05, 4.69) is 30.3 Å². The van der Waals surface area contributed by atoms with Crippen LogP contribution in [0.5, 0.6) is 0 Å². The number of rotatable bonds is 5. The number of hydrogen-bond acceptors (Lipinski definition) is 2. The van der Waals surface area contributed by atoms with E-state index < -0.39 is 5.97 Å². The third-order valence-corrected chi connectivity index (χ3v) is 3.58. The summed E-state index contributed by atoms with van der Waals surface area (Å²) >= 11 is 0. The van der Waals surface area contributed by atoms with Crippen LogP contribution in [0.4, 0.5) is 0 Å². The van der Waals surface area contributed by atoms with Gasteiger partial charge in [0.15, 0.2) is 0 Å². The maximum Gasteiger partial charge on any atom is 0.335 e. The molecule has 0 radical (unpaired) electrons. The zero-order valence-corrected chi connectivity index (χ0v) is 11.7. The van der Waals surface area contributed by atoms with E-state index in [1.54, 1.807) is 12.1 Å². The maximum atomic E-state index is 11.0. The summed E-state index contributed by atoms with van der Waals surface area (Å²) < 4.78 is 2.22. The van der Waals surface area contributed by atoms with Gasteiger partial charge in [0, 0.05) is 13.0 Å². The number of carbonyl (C=O) groups is 1. The van der Waals surface area contributed by atoms with Crippen LogP contribution in [-0.2, 0) is 13.0 Å². The summed E-state index contributed by atoms with van der Waals surface area (Å²) in [4.78, 5) is 15.6. The molecule has 1 heterocycles. The normalized spacial score (nSPS) is 12.8. The first-order chi connectivity index (χ1) is 9.06. The van der Waals surface area contributed by atoms with Crippen LogP contribution < -0.4 is 0 Å². The van der Waals surface area contributed by atoms with Crippen LogP contribution in [0.1, 0.15) is 43.4 Å². The molecule has 0 spiro atoms. The zero-order chi connectivity index (χ0) is 14.0. The van der Waals surface area contributed by atoms with Crippen LogP contribution in [0.25, 0.3) is 11.0 Å². The highest BCUT2D eigenvalue weighted by molar-refractivity contribution is 5.92. The van der Waals surface area contributed by atoms with Crippen molar-refractivity contribution in [1.82, 2.24) is 9.55 Å². The lowest BCUT2D eigenvalue weighted by Gasteiger charge is -2.13. The van der Waals surface area contributed by atoms with E-state index in [9.17, 15) is 4.79 Å². The van der Waals surface area contributed by atoms with Gasteiger partial charge in [0.2, 0.25) is 0 Å². The van der Waals surface area contributed by atoms with Gasteiger partial charge in [-0.1, -0.05) is 27.2 Å². The third-order valence-electron chi connectivity index (χ3n) is 3.58. The molecule has 0 bridgehead atoms. The maximum absolute atomic E-state index is 11.0. The van der Waals surface area contributed by atoms with E-state index in [1.807, 2.05) is 6.07 Å². The lowest BCUT2D eigenvalue weighted by molar-refractivity contribution is 0.0697. The average Bonchev–Trinajstić information content (AvgIpc) is 2.75. The van der Waals surface area contributed by atoms with Crippen molar-refractivity contribution >= 4 is 17.0 Å². The number of fused-ring (bicyclic) bond motifs is 1. The second-order valence-electron chi connectivity index (χ2n) is 5.01. The second-order valence-corrected chi connectivity index (χ2v) is 5.01. The lowest BCUT2D eigenvalue weighted by Crippen LogP contribution is -2.09. The Morgan fingerprint density at radius 3 is 2.74 bits per heavy atom. The van der Waals surface area contributed by atoms with Gasteiger partial charge in [-0.05, 0) is 24.1 Å². The average molecular weight is 260 g/mol. The van der Waals surface area contributed by atoms with Crippen LogP contribution in [0, 0.1) is 5.92 Å². The summed E-state index contributed by atoms with van der Waals surface area (Å²) in [7, 11) is 0. The minimum Gasteiger partial charge on any atom is -0.478 e. The molecule has 4 nitrogen and oxygen atoms in total. The van der Waals surface area contributed by atoms with Gasteiger partial charge in [0.05, 0.1) is 16.6 Å². The minimum atomic E-state index is -0.906. The molecular weight excluding hydrogens is 240 g/mol. The molecule has 1 N–H and O–H groups in total. The standard InChI is InChI=1S/C15H20N2O2/c1-4-10(3)9-17-13-7-6-11(15(18)19)8-12(13)16-14(17)5-2/h6-8,10H,4-5,9H2,1-3H3,(H,18,19). The van der Waals surface area contributed by atoms with E-state index in [-0.39, 0.29) is 0 Å². The zero-order valence-electron chi connectivity index (χ0n) is 11.7. The molecule has 19 heavy (non-hydrogen) atoms. The van der Waals surface area contributed by atoms with Gasteiger partial charge >= 0.3 is 5.97 Å². The Morgan fingerprint density at radius 2 is 2.16 bits per heavy atom. The molecule has 1 atom stereocenters. The topological polar surface area (TPSA) is 55.1 Å². The van der Waals surface area contributed by atoms with Crippen LogP contribution in [0.15, 0.2) is 18.2 Å². The molecular formula is C15H20N2O2. The van der Waals surface area contributed by atoms with E-state index in [4.69, 9.17) is 5.11 Å². The molecule has 1 aromatic heterocycles. The number of aromatic nitrogens is 2. The number of aromatic carboxylic acids is 1. The van der Waals surface area contributed by atoms with Crippen LogP contribution in [0.2, 0.25) is 0 Å². The van der Waals surface area contributed by atoms with Gasteiger partial charge in [-0.3, -0.25) is 0 Å². The van der Waals surface area contributed by atoms with Gasteiger partial charge in [-0.15, -0.1) is 0 Å². The van der Waals surface area contributed by atoms with E-state index >= 15 is 0 Å². The number of benzene rings is 1. The van der Waals surface area contributed by atoms with Gasteiger partial charge in [0.1, 0.15) is 5.82 Å². The third kappa shape index (κ3) is 2.62. The van der Waals surface area contributed by atoms with Crippen molar-refractivity contribution in [2.24, 2.45) is 5.92 Å². The number of hydrogen-bond donors (Lipinski definition) is 1. The Morgan fingerprint density at radius 1 is 1.42 bits per heavy atom. The van der Waals surface area contributed by atoms with E-state index in [0.717, 1.165) is 36.2 Å². The number of carboxylic acids is 1. The molecule has 2 aromatic rings. The van der Waals surface area contributed by atoms with Crippen molar-refractivity contribution in [3.05, 3.63) is 29.6 Å². The van der Waals surface area contributed by atoms with Crippen LogP contribution in [-0.4, -0.2) is 20.6 Å². The fourth-order valence-electron chi connectivity index (χ4n) is 2.23. The lowest BCUT2D eigenvalue weighted by atomic mass is 10.1. The SMILES string of the molecule is CCc1nc2cc(C(=O)O)ccc2n1CC(C)CC. The summed E-state index contributed by atoms with van der Waals surface area (Å²) in [6, 6.07) is 5.18. The largest absolute Gasteiger partial charge is 0.478 e. The molecule has 4 heteroatoms. The minimum absolute atomic E-state index is 0.295. The Bertz CT molecular complexity index is 601. The number of aryl methyl sites for hydroxylation is 1. The summed E-state index contributed by atoms with van der Waals surface area (Å²) in [5, 5.41) is 9.03. The quantitative estimate of drug-likeness (QED) is 0.897. The van der Waals surface area contributed by atoms with Gasteiger partial charge < -0.3 is 9.67 Å². The molecule has 102 valence electrons.